The SMILES string of the molecule is Nc1ccc(NCC2(C3CC3)CC2)c(Cl)c1. The largest absolute Gasteiger partial charge is 0.399 e. The maximum Gasteiger partial charge on any atom is 0.0657 e. The number of hydrogen-bond acceptors (Lipinski definition) is 2. The second kappa shape index (κ2) is 3.56. The predicted octanol–water partition coefficient (Wildman–Crippen LogP) is 3.52. The van der Waals surface area contributed by atoms with E-state index < -0.39 is 0 Å². The van der Waals surface area contributed by atoms with Gasteiger partial charge in [-0.3, -0.25) is 0 Å². The minimum absolute atomic E-state index is 0.602. The van der Waals surface area contributed by atoms with Gasteiger partial charge in [-0.25, -0.2) is 0 Å². The summed E-state index contributed by atoms with van der Waals surface area (Å²) in [5.74, 6) is 0.979. The third-order valence-corrected chi connectivity index (χ3v) is 4.27. The Hall–Kier alpha value is -0.890. The van der Waals surface area contributed by atoms with Gasteiger partial charge in [0, 0.05) is 12.2 Å². The van der Waals surface area contributed by atoms with Gasteiger partial charge in [0.2, 0.25) is 0 Å². The van der Waals surface area contributed by atoms with E-state index in [0.717, 1.165) is 28.9 Å². The first-order valence-electron chi connectivity index (χ1n) is 5.99. The summed E-state index contributed by atoms with van der Waals surface area (Å²) in [4.78, 5) is 0. The zero-order chi connectivity index (χ0) is 11.2. The van der Waals surface area contributed by atoms with E-state index in [2.05, 4.69) is 5.32 Å². The van der Waals surface area contributed by atoms with Gasteiger partial charge in [0.1, 0.15) is 0 Å². The minimum Gasteiger partial charge on any atom is -0.399 e. The van der Waals surface area contributed by atoms with Crippen LogP contribution in [0.2, 0.25) is 5.02 Å². The highest BCUT2D eigenvalue weighted by Gasteiger charge is 2.53. The number of hydrogen-bond donors (Lipinski definition) is 2. The summed E-state index contributed by atoms with van der Waals surface area (Å²) >= 11 is 6.13. The zero-order valence-electron chi connectivity index (χ0n) is 9.30. The molecule has 3 rings (SSSR count). The number of rotatable bonds is 4. The molecular formula is C13H17ClN2. The molecule has 3 heteroatoms. The first-order valence-corrected chi connectivity index (χ1v) is 6.36. The second-order valence-corrected chi connectivity index (χ2v) is 5.64. The zero-order valence-corrected chi connectivity index (χ0v) is 10.1. The van der Waals surface area contributed by atoms with Crippen LogP contribution in [0.15, 0.2) is 18.2 Å². The van der Waals surface area contributed by atoms with Crippen molar-refractivity contribution in [3.8, 4) is 0 Å². The van der Waals surface area contributed by atoms with E-state index in [1.165, 1.54) is 25.7 Å². The lowest BCUT2D eigenvalue weighted by Crippen LogP contribution is -2.17. The van der Waals surface area contributed by atoms with Crippen LogP contribution in [-0.4, -0.2) is 6.54 Å². The van der Waals surface area contributed by atoms with Crippen LogP contribution in [0.3, 0.4) is 0 Å². The van der Waals surface area contributed by atoms with Crippen LogP contribution in [0, 0.1) is 11.3 Å². The fourth-order valence-corrected chi connectivity index (χ4v) is 2.79. The number of nitrogen functional groups attached to an aromatic ring is 1. The minimum atomic E-state index is 0.602. The molecule has 0 saturated heterocycles. The summed E-state index contributed by atoms with van der Waals surface area (Å²) in [6.45, 7) is 1.07. The molecule has 0 amide bonds. The molecule has 3 N–H and O–H groups in total. The van der Waals surface area contributed by atoms with Gasteiger partial charge in [-0.1, -0.05) is 11.6 Å². The average molecular weight is 237 g/mol. The lowest BCUT2D eigenvalue weighted by Gasteiger charge is -2.16. The highest BCUT2D eigenvalue weighted by atomic mass is 35.5. The molecule has 0 radical (unpaired) electrons. The van der Waals surface area contributed by atoms with E-state index in [0.29, 0.717) is 5.41 Å². The summed E-state index contributed by atoms with van der Waals surface area (Å²) in [6, 6.07) is 5.67. The van der Waals surface area contributed by atoms with E-state index in [1.54, 1.807) is 6.07 Å². The number of nitrogens with one attached hydrogen (secondary N) is 1. The first-order chi connectivity index (χ1) is 7.70. The maximum absolute atomic E-state index is 6.13. The normalized spacial score (nSPS) is 21.8. The van der Waals surface area contributed by atoms with Crippen LogP contribution in [-0.2, 0) is 0 Å². The van der Waals surface area contributed by atoms with Crippen molar-refractivity contribution < 1.29 is 0 Å². The van der Waals surface area contributed by atoms with E-state index >= 15 is 0 Å². The molecule has 1 aromatic rings. The monoisotopic (exact) mass is 236 g/mol. The van der Waals surface area contributed by atoms with E-state index in [-0.39, 0.29) is 0 Å². The third kappa shape index (κ3) is 1.86. The second-order valence-electron chi connectivity index (χ2n) is 5.23. The standard InChI is InChI=1S/C13H17ClN2/c14-11-7-10(15)3-4-12(11)16-8-13(5-6-13)9-1-2-9/h3-4,7,9,16H,1-2,5-6,8,15H2. The van der Waals surface area contributed by atoms with Gasteiger partial charge in [-0.15, -0.1) is 0 Å². The summed E-state index contributed by atoms with van der Waals surface area (Å²) in [7, 11) is 0. The Bertz CT molecular complexity index is 408. The lowest BCUT2D eigenvalue weighted by molar-refractivity contribution is 0.467. The number of nitrogens with two attached hydrogens (primary N) is 1. The van der Waals surface area contributed by atoms with Gasteiger partial charge in [-0.2, -0.15) is 0 Å². The van der Waals surface area contributed by atoms with E-state index in [1.807, 2.05) is 12.1 Å². The Kier molecular flexibility index (Phi) is 2.28. The fourth-order valence-electron chi connectivity index (χ4n) is 2.53. The molecule has 0 atom stereocenters. The quantitative estimate of drug-likeness (QED) is 0.785. The Morgan fingerprint density at radius 3 is 2.69 bits per heavy atom. The molecule has 2 fully saturated rings. The molecule has 0 aromatic heterocycles. The molecule has 0 bridgehead atoms. The van der Waals surface area contributed by atoms with Crippen molar-refractivity contribution in [2.45, 2.75) is 25.7 Å². The molecule has 2 aliphatic carbocycles. The molecule has 0 unspecified atom stereocenters. The van der Waals surface area contributed by atoms with Crippen LogP contribution in [0.25, 0.3) is 0 Å². The van der Waals surface area contributed by atoms with E-state index in [4.69, 9.17) is 17.3 Å². The molecule has 86 valence electrons. The first kappa shape index (κ1) is 10.3. The lowest BCUT2D eigenvalue weighted by atomic mass is 10.0. The molecular weight excluding hydrogens is 220 g/mol. The average Bonchev–Trinajstić information content (AvgIpc) is 3.11. The highest BCUT2D eigenvalue weighted by Crippen LogP contribution is 2.61. The van der Waals surface area contributed by atoms with Crippen molar-refractivity contribution in [2.75, 3.05) is 17.6 Å². The number of anilines is 2. The fraction of sp³-hybridized carbons (Fsp3) is 0.538. The molecule has 2 aliphatic rings. The van der Waals surface area contributed by atoms with Crippen LogP contribution >= 0.6 is 11.6 Å². The van der Waals surface area contributed by atoms with Gasteiger partial charge in [-0.05, 0) is 55.2 Å². The summed E-state index contributed by atoms with van der Waals surface area (Å²) in [5.41, 5.74) is 8.01. The molecule has 16 heavy (non-hydrogen) atoms. The Morgan fingerprint density at radius 1 is 1.38 bits per heavy atom. The van der Waals surface area contributed by atoms with Crippen LogP contribution in [0.5, 0.6) is 0 Å². The molecule has 0 heterocycles. The molecule has 2 saturated carbocycles. The Morgan fingerprint density at radius 2 is 2.12 bits per heavy atom. The van der Waals surface area contributed by atoms with Crippen molar-refractivity contribution in [1.82, 2.24) is 0 Å². The summed E-state index contributed by atoms with van der Waals surface area (Å²) in [5, 5.41) is 4.21. The molecule has 1 aromatic carbocycles. The van der Waals surface area contributed by atoms with Crippen LogP contribution in [0.4, 0.5) is 11.4 Å². The maximum atomic E-state index is 6.13. The van der Waals surface area contributed by atoms with Crippen molar-refractivity contribution in [1.29, 1.82) is 0 Å². The summed E-state index contributed by atoms with van der Waals surface area (Å²) < 4.78 is 0. The van der Waals surface area contributed by atoms with Gasteiger partial charge in [0.15, 0.2) is 0 Å². The molecule has 0 aliphatic heterocycles. The third-order valence-electron chi connectivity index (χ3n) is 3.96. The summed E-state index contributed by atoms with van der Waals surface area (Å²) in [6.07, 6.45) is 5.63. The molecule has 2 nitrogen and oxygen atoms in total. The van der Waals surface area contributed by atoms with Crippen molar-refractivity contribution in [2.24, 2.45) is 11.3 Å². The van der Waals surface area contributed by atoms with Crippen molar-refractivity contribution in [3.63, 3.8) is 0 Å². The van der Waals surface area contributed by atoms with Gasteiger partial charge in [0.25, 0.3) is 0 Å². The highest BCUT2D eigenvalue weighted by molar-refractivity contribution is 6.33. The van der Waals surface area contributed by atoms with Crippen LogP contribution in [0.1, 0.15) is 25.7 Å². The Balaban J connectivity index is 1.66. The smallest absolute Gasteiger partial charge is 0.0657 e. The van der Waals surface area contributed by atoms with Gasteiger partial charge >= 0.3 is 0 Å². The van der Waals surface area contributed by atoms with E-state index in [9.17, 15) is 0 Å². The molecule has 0 spiro atoms. The van der Waals surface area contributed by atoms with Gasteiger partial charge < -0.3 is 11.1 Å². The topological polar surface area (TPSA) is 38.0 Å². The predicted molar refractivity (Wildman–Crippen MR) is 68.7 cm³/mol. The van der Waals surface area contributed by atoms with Crippen LogP contribution < -0.4 is 11.1 Å². The number of halogens is 1. The van der Waals surface area contributed by atoms with Gasteiger partial charge in [0.05, 0.1) is 10.7 Å². The van der Waals surface area contributed by atoms with Crippen molar-refractivity contribution in [3.05, 3.63) is 23.2 Å². The Labute approximate surface area is 101 Å². The van der Waals surface area contributed by atoms with Crippen molar-refractivity contribution >= 4 is 23.0 Å². The number of benzene rings is 1.